The van der Waals surface area contributed by atoms with Crippen molar-refractivity contribution in [3.8, 4) is 5.75 Å². The van der Waals surface area contributed by atoms with Crippen LogP contribution in [0.1, 0.15) is 38.2 Å². The molecule has 36 heavy (non-hydrogen) atoms. The molecule has 0 saturated carbocycles. The number of pyridine rings is 1. The molecule has 0 aliphatic carbocycles. The summed E-state index contributed by atoms with van der Waals surface area (Å²) >= 11 is 0. The number of aromatic nitrogens is 1. The summed E-state index contributed by atoms with van der Waals surface area (Å²) in [7, 11) is -10.5. The molecule has 1 aliphatic heterocycles. The SMILES string of the molecule is CC(=O)OCC(C)(C)OC(=O)Oc1ccccc1C1OP(=O)(O)C(O)(Cc2cccnc2)P(=O)(O)O1. The van der Waals surface area contributed by atoms with Crippen LogP contribution in [0.3, 0.4) is 0 Å². The second-order valence-electron chi connectivity index (χ2n) is 8.43. The van der Waals surface area contributed by atoms with Gasteiger partial charge in [-0.05, 0) is 31.5 Å². The average Bonchev–Trinajstić information content (AvgIpc) is 2.76. The van der Waals surface area contributed by atoms with E-state index in [0.717, 1.165) is 0 Å². The molecule has 2 atom stereocenters. The van der Waals surface area contributed by atoms with E-state index in [1.165, 1.54) is 69.6 Å². The van der Waals surface area contributed by atoms with Crippen molar-refractivity contribution < 1.29 is 56.9 Å². The topological polar surface area (TPSA) is 188 Å². The maximum atomic E-state index is 13.0. The number of carbonyl (C=O) groups excluding carboxylic acids is 2. The summed E-state index contributed by atoms with van der Waals surface area (Å²) in [5.41, 5.74) is -1.30. The molecular weight excluding hydrogens is 520 g/mol. The first-order valence-electron chi connectivity index (χ1n) is 10.4. The molecule has 0 spiro atoms. The zero-order valence-corrected chi connectivity index (χ0v) is 21.3. The molecule has 1 fully saturated rings. The predicted octanol–water partition coefficient (Wildman–Crippen LogP) is 3.24. The molecule has 2 heterocycles. The first-order chi connectivity index (χ1) is 16.7. The normalized spacial score (nSPS) is 28.2. The largest absolute Gasteiger partial charge is 0.514 e. The van der Waals surface area contributed by atoms with E-state index in [-0.39, 0.29) is 23.5 Å². The Morgan fingerprint density at radius 3 is 2.33 bits per heavy atom. The van der Waals surface area contributed by atoms with Gasteiger partial charge in [0.05, 0.1) is 5.56 Å². The minimum atomic E-state index is -5.25. The maximum Gasteiger partial charge on any atom is 0.514 e. The number of hydrogen-bond acceptors (Lipinski definition) is 11. The number of rotatable bonds is 7. The number of benzene rings is 1. The molecule has 0 amide bonds. The Labute approximate surface area is 206 Å². The van der Waals surface area contributed by atoms with Crippen LogP contribution < -0.4 is 4.74 Å². The number of ether oxygens (including phenoxy) is 3. The molecule has 2 unspecified atom stereocenters. The second-order valence-corrected chi connectivity index (χ2v) is 12.8. The van der Waals surface area contributed by atoms with E-state index in [1.54, 1.807) is 0 Å². The summed E-state index contributed by atoms with van der Waals surface area (Å²) in [5, 5.41) is 7.65. The molecule has 15 heteroatoms. The summed E-state index contributed by atoms with van der Waals surface area (Å²) < 4.78 is 51.3. The number of nitrogens with zero attached hydrogens (tertiary/aromatic N) is 1. The number of hydrogen-bond donors (Lipinski definition) is 3. The number of aliphatic hydroxyl groups is 1. The molecule has 0 radical (unpaired) electrons. The zero-order chi connectivity index (χ0) is 26.8. The smallest absolute Gasteiger partial charge is 0.462 e. The van der Waals surface area contributed by atoms with Gasteiger partial charge >= 0.3 is 27.3 Å². The van der Waals surface area contributed by atoms with Crippen molar-refractivity contribution in [2.24, 2.45) is 0 Å². The maximum absolute atomic E-state index is 13.0. The molecule has 3 rings (SSSR count). The Kier molecular flexibility index (Phi) is 8.07. The van der Waals surface area contributed by atoms with Gasteiger partial charge in [0.25, 0.3) is 5.08 Å². The molecule has 1 aromatic heterocycles. The van der Waals surface area contributed by atoms with Crippen molar-refractivity contribution in [1.29, 1.82) is 0 Å². The number of para-hydroxylation sites is 1. The predicted molar refractivity (Wildman–Crippen MR) is 122 cm³/mol. The van der Waals surface area contributed by atoms with Crippen molar-refractivity contribution in [1.82, 2.24) is 4.98 Å². The van der Waals surface area contributed by atoms with E-state index >= 15 is 0 Å². The van der Waals surface area contributed by atoms with E-state index in [4.69, 9.17) is 23.3 Å². The Morgan fingerprint density at radius 2 is 1.75 bits per heavy atom. The third-order valence-corrected chi connectivity index (χ3v) is 9.49. The fraction of sp³-hybridized carbons (Fsp3) is 0.381. The highest BCUT2D eigenvalue weighted by atomic mass is 31.2. The van der Waals surface area contributed by atoms with Crippen LogP contribution in [0.15, 0.2) is 48.8 Å². The van der Waals surface area contributed by atoms with Crippen LogP contribution in [0.2, 0.25) is 0 Å². The summed E-state index contributed by atoms with van der Waals surface area (Å²) in [5.74, 6) is -0.865. The van der Waals surface area contributed by atoms with Crippen LogP contribution in [0.4, 0.5) is 4.79 Å². The van der Waals surface area contributed by atoms with E-state index < -0.39 is 50.7 Å². The lowest BCUT2D eigenvalue weighted by Gasteiger charge is -2.41. The monoisotopic (exact) mass is 545 g/mol. The van der Waals surface area contributed by atoms with Crippen molar-refractivity contribution in [2.45, 2.75) is 44.2 Å². The van der Waals surface area contributed by atoms with Gasteiger partial charge in [-0.1, -0.05) is 24.3 Å². The molecule has 1 saturated heterocycles. The third-order valence-electron chi connectivity index (χ3n) is 4.90. The molecule has 2 aromatic rings. The van der Waals surface area contributed by atoms with Crippen molar-refractivity contribution >= 4 is 27.3 Å². The first-order valence-corrected chi connectivity index (χ1v) is 13.6. The Bertz CT molecular complexity index is 1190. The van der Waals surface area contributed by atoms with Gasteiger partial charge in [0.2, 0.25) is 6.29 Å². The fourth-order valence-corrected chi connectivity index (χ4v) is 6.67. The standard InChI is InChI=1S/C21H25NO12P2/c1-14(23)30-13-20(2,3)32-19(24)31-17-9-5-4-8-16(17)18-33-35(26,27)21(25,36(28,29)34-18)11-15-7-6-10-22-12-15/h4-10,12,18,25H,11,13H2,1-3H3,(H,26,27)(H,28,29). The van der Waals surface area contributed by atoms with Crippen molar-refractivity contribution in [3.63, 3.8) is 0 Å². The lowest BCUT2D eigenvalue weighted by atomic mass is 10.1. The second kappa shape index (κ2) is 10.4. The first kappa shape index (κ1) is 27.9. The molecule has 1 aliphatic rings. The molecule has 3 N–H and O–H groups in total. The van der Waals surface area contributed by atoms with Gasteiger partial charge in [-0.2, -0.15) is 0 Å². The highest BCUT2D eigenvalue weighted by Gasteiger charge is 2.67. The van der Waals surface area contributed by atoms with Gasteiger partial charge in [-0.25, -0.2) is 4.79 Å². The molecule has 196 valence electrons. The van der Waals surface area contributed by atoms with Crippen molar-refractivity contribution in [2.75, 3.05) is 6.61 Å². The molecule has 13 nitrogen and oxygen atoms in total. The van der Waals surface area contributed by atoms with Crippen molar-refractivity contribution in [3.05, 3.63) is 59.9 Å². The van der Waals surface area contributed by atoms with Crippen LogP contribution in [-0.2, 0) is 38.9 Å². The minimum absolute atomic E-state index is 0.178. The van der Waals surface area contributed by atoms with Gasteiger partial charge < -0.3 is 29.1 Å². The van der Waals surface area contributed by atoms with E-state index in [9.17, 15) is 33.6 Å². The van der Waals surface area contributed by atoms with Gasteiger partial charge in [0, 0.05) is 25.7 Å². The lowest BCUT2D eigenvalue weighted by molar-refractivity contribution is -0.148. The molecule has 0 bridgehead atoms. The molecule has 1 aromatic carbocycles. The average molecular weight is 545 g/mol. The van der Waals surface area contributed by atoms with Gasteiger partial charge in [0.15, 0.2) is 0 Å². The third kappa shape index (κ3) is 6.19. The van der Waals surface area contributed by atoms with Crippen LogP contribution >= 0.6 is 15.2 Å². The van der Waals surface area contributed by atoms with Crippen LogP contribution in [-0.4, -0.2) is 49.3 Å². The van der Waals surface area contributed by atoms with Gasteiger partial charge in [0.1, 0.15) is 18.0 Å². The van der Waals surface area contributed by atoms with E-state index in [0.29, 0.717) is 0 Å². The molecular formula is C21H25NO12P2. The Morgan fingerprint density at radius 1 is 1.11 bits per heavy atom. The fourth-order valence-electron chi connectivity index (χ4n) is 3.11. The van der Waals surface area contributed by atoms with Gasteiger partial charge in [-0.3, -0.25) is 28.0 Å². The zero-order valence-electron chi connectivity index (χ0n) is 19.5. The lowest BCUT2D eigenvalue weighted by Crippen LogP contribution is -2.38. The Balaban J connectivity index is 1.83. The summed E-state index contributed by atoms with van der Waals surface area (Å²) in [6.07, 6.45) is -1.32. The highest BCUT2D eigenvalue weighted by Crippen LogP contribution is 2.79. The highest BCUT2D eigenvalue weighted by molar-refractivity contribution is 7.73. The summed E-state index contributed by atoms with van der Waals surface area (Å²) in [4.78, 5) is 48.2. The van der Waals surface area contributed by atoms with Gasteiger partial charge in [-0.15, -0.1) is 0 Å². The number of esters is 1. The summed E-state index contributed by atoms with van der Waals surface area (Å²) in [6, 6.07) is 8.26. The minimum Gasteiger partial charge on any atom is -0.462 e. The Hall–Kier alpha value is -2.63. The quantitative estimate of drug-likeness (QED) is 0.262. The van der Waals surface area contributed by atoms with Crippen LogP contribution in [0.5, 0.6) is 5.75 Å². The summed E-state index contributed by atoms with van der Waals surface area (Å²) in [6.45, 7) is 3.85. The van der Waals surface area contributed by atoms with Crippen LogP contribution in [0.25, 0.3) is 0 Å². The van der Waals surface area contributed by atoms with E-state index in [2.05, 4.69) is 4.98 Å². The number of carbonyl (C=O) groups is 2. The van der Waals surface area contributed by atoms with Crippen LogP contribution in [0, 0.1) is 0 Å². The van der Waals surface area contributed by atoms with E-state index in [1.807, 2.05) is 0 Å².